The molecule has 1 amide bonds. The molecule has 30 heavy (non-hydrogen) atoms. The number of carbonyl (C=O) groups excluding carboxylic acids is 1. The van der Waals surface area contributed by atoms with Crippen molar-refractivity contribution in [1.82, 2.24) is 14.5 Å². The van der Waals surface area contributed by atoms with E-state index in [9.17, 15) is 4.79 Å². The molecule has 0 unspecified atom stereocenters. The summed E-state index contributed by atoms with van der Waals surface area (Å²) in [6.07, 6.45) is 7.09. The minimum atomic E-state index is 0.306. The van der Waals surface area contributed by atoms with Gasteiger partial charge in [0.25, 0.3) is 0 Å². The molecule has 6 heteroatoms. The molecule has 0 N–H and O–H groups in total. The molecule has 0 spiro atoms. The number of imidazole rings is 1. The number of benzene rings is 2. The number of halogens is 2. The Morgan fingerprint density at radius 1 is 1.03 bits per heavy atom. The minimum absolute atomic E-state index is 0.306. The zero-order chi connectivity index (χ0) is 20.7. The summed E-state index contributed by atoms with van der Waals surface area (Å²) in [6.45, 7) is 2.63. The van der Waals surface area contributed by atoms with Crippen LogP contribution in [0, 0.1) is 11.8 Å². The van der Waals surface area contributed by atoms with Crippen LogP contribution >= 0.6 is 23.2 Å². The monoisotopic (exact) mass is 439 g/mol. The molecule has 3 aromatic rings. The predicted octanol–water partition coefficient (Wildman–Crippen LogP) is 5.78. The van der Waals surface area contributed by atoms with E-state index >= 15 is 0 Å². The van der Waals surface area contributed by atoms with Gasteiger partial charge in [-0.05, 0) is 42.9 Å². The topological polar surface area (TPSA) is 38.1 Å². The van der Waals surface area contributed by atoms with Gasteiger partial charge in [-0.15, -0.1) is 0 Å². The Morgan fingerprint density at radius 3 is 2.53 bits per heavy atom. The van der Waals surface area contributed by atoms with E-state index in [0.717, 1.165) is 61.4 Å². The Balaban J connectivity index is 1.30. The van der Waals surface area contributed by atoms with Gasteiger partial charge < -0.3 is 9.47 Å². The first-order valence-corrected chi connectivity index (χ1v) is 11.2. The zero-order valence-corrected chi connectivity index (χ0v) is 18.1. The molecule has 1 saturated carbocycles. The Morgan fingerprint density at radius 2 is 1.80 bits per heavy atom. The molecule has 2 aromatic carbocycles. The van der Waals surface area contributed by atoms with Crippen molar-refractivity contribution >= 4 is 29.1 Å². The van der Waals surface area contributed by atoms with Crippen molar-refractivity contribution in [2.24, 2.45) is 11.8 Å². The first kappa shape index (κ1) is 19.7. The maximum Gasteiger partial charge on any atom is 0.225 e. The van der Waals surface area contributed by atoms with Gasteiger partial charge in [0, 0.05) is 59.1 Å². The first-order chi connectivity index (χ1) is 14.6. The van der Waals surface area contributed by atoms with Gasteiger partial charge >= 0.3 is 0 Å². The van der Waals surface area contributed by atoms with Gasteiger partial charge in [0.05, 0.1) is 0 Å². The number of hydrogen-bond donors (Lipinski definition) is 0. The second-order valence-electron chi connectivity index (χ2n) is 8.32. The van der Waals surface area contributed by atoms with E-state index in [1.54, 1.807) is 6.07 Å². The van der Waals surface area contributed by atoms with Crippen LogP contribution in [-0.2, 0) is 11.3 Å². The molecule has 154 valence electrons. The third kappa shape index (κ3) is 3.99. The van der Waals surface area contributed by atoms with Gasteiger partial charge in [-0.3, -0.25) is 4.79 Å². The SMILES string of the molecule is O=C(C1CC1)N1CC[C@H](Cn2ccnc2-c2ccc(-c3ccc(Cl)cc3Cl)cc2)C1. The zero-order valence-electron chi connectivity index (χ0n) is 16.6. The summed E-state index contributed by atoms with van der Waals surface area (Å²) in [5, 5.41) is 1.27. The largest absolute Gasteiger partial charge is 0.342 e. The summed E-state index contributed by atoms with van der Waals surface area (Å²) in [6, 6.07) is 13.8. The highest BCUT2D eigenvalue weighted by Gasteiger charge is 2.36. The quantitative estimate of drug-likeness (QED) is 0.504. The van der Waals surface area contributed by atoms with Gasteiger partial charge in [-0.25, -0.2) is 4.98 Å². The van der Waals surface area contributed by atoms with Crippen LogP contribution in [0.1, 0.15) is 19.3 Å². The van der Waals surface area contributed by atoms with E-state index in [1.165, 1.54) is 0 Å². The number of rotatable bonds is 5. The second kappa shape index (κ2) is 8.09. The molecule has 1 saturated heterocycles. The molecule has 0 bridgehead atoms. The lowest BCUT2D eigenvalue weighted by atomic mass is 10.0. The summed E-state index contributed by atoms with van der Waals surface area (Å²) in [4.78, 5) is 19.0. The molecule has 2 aliphatic rings. The molecule has 1 atom stereocenters. The molecule has 1 aliphatic carbocycles. The van der Waals surface area contributed by atoms with Crippen molar-refractivity contribution < 1.29 is 4.79 Å². The maximum atomic E-state index is 12.3. The van der Waals surface area contributed by atoms with E-state index < -0.39 is 0 Å². The lowest BCUT2D eigenvalue weighted by Gasteiger charge is -2.17. The van der Waals surface area contributed by atoms with E-state index in [4.69, 9.17) is 23.2 Å². The maximum absolute atomic E-state index is 12.3. The van der Waals surface area contributed by atoms with Crippen LogP contribution in [0.25, 0.3) is 22.5 Å². The number of amides is 1. The van der Waals surface area contributed by atoms with Crippen LogP contribution in [0.15, 0.2) is 54.9 Å². The summed E-state index contributed by atoms with van der Waals surface area (Å²) in [5.41, 5.74) is 3.07. The Hall–Kier alpha value is -2.30. The van der Waals surface area contributed by atoms with Gasteiger partial charge in [-0.1, -0.05) is 53.5 Å². The van der Waals surface area contributed by atoms with Crippen LogP contribution < -0.4 is 0 Å². The fraction of sp³-hybridized carbons (Fsp3) is 0.333. The molecule has 1 aliphatic heterocycles. The minimum Gasteiger partial charge on any atom is -0.342 e. The van der Waals surface area contributed by atoms with E-state index in [0.29, 0.717) is 27.8 Å². The summed E-state index contributed by atoms with van der Waals surface area (Å²) >= 11 is 12.4. The number of carbonyl (C=O) groups is 1. The molecule has 2 fully saturated rings. The Labute approximate surface area is 186 Å². The van der Waals surface area contributed by atoms with Crippen LogP contribution in [0.4, 0.5) is 0 Å². The molecular weight excluding hydrogens is 417 g/mol. The molecule has 0 radical (unpaired) electrons. The fourth-order valence-corrected chi connectivity index (χ4v) is 4.81. The Kier molecular flexibility index (Phi) is 5.30. The lowest BCUT2D eigenvalue weighted by molar-refractivity contribution is -0.131. The second-order valence-corrected chi connectivity index (χ2v) is 9.16. The van der Waals surface area contributed by atoms with Crippen molar-refractivity contribution in [2.45, 2.75) is 25.8 Å². The summed E-state index contributed by atoms with van der Waals surface area (Å²) in [7, 11) is 0. The smallest absolute Gasteiger partial charge is 0.225 e. The van der Waals surface area contributed by atoms with Crippen molar-refractivity contribution in [3.8, 4) is 22.5 Å². The van der Waals surface area contributed by atoms with Crippen LogP contribution in [0.5, 0.6) is 0 Å². The van der Waals surface area contributed by atoms with E-state index in [2.05, 4.69) is 38.7 Å². The molecule has 1 aromatic heterocycles. The highest BCUT2D eigenvalue weighted by Crippen LogP contribution is 2.34. The van der Waals surface area contributed by atoms with Gasteiger partial charge in [0.2, 0.25) is 5.91 Å². The van der Waals surface area contributed by atoms with Gasteiger partial charge in [-0.2, -0.15) is 0 Å². The predicted molar refractivity (Wildman–Crippen MR) is 121 cm³/mol. The average molecular weight is 440 g/mol. The number of nitrogens with zero attached hydrogens (tertiary/aromatic N) is 3. The lowest BCUT2D eigenvalue weighted by Crippen LogP contribution is -2.30. The van der Waals surface area contributed by atoms with Crippen molar-refractivity contribution in [3.63, 3.8) is 0 Å². The van der Waals surface area contributed by atoms with Crippen molar-refractivity contribution in [2.75, 3.05) is 13.1 Å². The average Bonchev–Trinajstić information content (AvgIpc) is 3.32. The molecular formula is C24H23Cl2N3O. The van der Waals surface area contributed by atoms with Gasteiger partial charge in [0.15, 0.2) is 0 Å². The summed E-state index contributed by atoms with van der Waals surface area (Å²) < 4.78 is 2.21. The standard InChI is InChI=1S/C24H23Cl2N3O/c25-20-7-8-21(22(26)13-20)17-1-3-18(4-2-17)23-27-10-12-28(23)14-16-9-11-29(15-16)24(30)19-5-6-19/h1-4,7-8,10,12-13,16,19H,5-6,9,11,14-15H2/t16-/m1/s1. The van der Waals surface area contributed by atoms with E-state index in [1.807, 2.05) is 24.5 Å². The highest BCUT2D eigenvalue weighted by molar-refractivity contribution is 6.36. The van der Waals surface area contributed by atoms with Crippen LogP contribution in [0.2, 0.25) is 10.0 Å². The fourth-order valence-electron chi connectivity index (χ4n) is 4.29. The number of likely N-dealkylation sites (tertiary alicyclic amines) is 1. The Bertz CT molecular complexity index is 1070. The van der Waals surface area contributed by atoms with E-state index in [-0.39, 0.29) is 0 Å². The molecule has 2 heterocycles. The highest BCUT2D eigenvalue weighted by atomic mass is 35.5. The van der Waals surface area contributed by atoms with Crippen molar-refractivity contribution in [3.05, 3.63) is 64.9 Å². The third-order valence-corrected chi connectivity index (χ3v) is 6.63. The number of aromatic nitrogens is 2. The normalized spacial score (nSPS) is 18.7. The summed E-state index contributed by atoms with van der Waals surface area (Å²) in [5.74, 6) is 2.10. The number of hydrogen-bond acceptors (Lipinski definition) is 2. The molecule has 5 rings (SSSR count). The van der Waals surface area contributed by atoms with Gasteiger partial charge in [0.1, 0.15) is 5.82 Å². The molecule has 4 nitrogen and oxygen atoms in total. The third-order valence-electron chi connectivity index (χ3n) is 6.08. The van der Waals surface area contributed by atoms with Crippen LogP contribution in [0.3, 0.4) is 0 Å². The van der Waals surface area contributed by atoms with Crippen molar-refractivity contribution in [1.29, 1.82) is 0 Å². The first-order valence-electron chi connectivity index (χ1n) is 10.4. The van der Waals surface area contributed by atoms with Crippen LogP contribution in [-0.4, -0.2) is 33.4 Å².